The summed E-state index contributed by atoms with van der Waals surface area (Å²) in [4.78, 5) is 36.0. The van der Waals surface area contributed by atoms with Crippen molar-refractivity contribution in [2.45, 2.75) is 26.8 Å². The minimum Gasteiger partial charge on any atom is -0.339 e. The van der Waals surface area contributed by atoms with Crippen LogP contribution >= 0.6 is 0 Å². The van der Waals surface area contributed by atoms with Crippen LogP contribution in [0.15, 0.2) is 42.7 Å². The average molecular weight is 393 g/mol. The summed E-state index contributed by atoms with van der Waals surface area (Å²) in [6.07, 6.45) is 4.21. The summed E-state index contributed by atoms with van der Waals surface area (Å²) in [5.74, 6) is -0.606. The van der Waals surface area contributed by atoms with E-state index in [1.165, 1.54) is 11.1 Å². The molecular weight excluding hydrogens is 364 g/mol. The Kier molecular flexibility index (Phi) is 5.62. The second-order valence-corrected chi connectivity index (χ2v) is 8.06. The number of hydrogen-bond acceptors (Lipinski definition) is 4. The lowest BCUT2D eigenvalue weighted by Gasteiger charge is -2.35. The fraction of sp³-hybridized carbons (Fsp3) is 0.435. The predicted octanol–water partition coefficient (Wildman–Crippen LogP) is 2.40. The molecule has 152 valence electrons. The van der Waals surface area contributed by atoms with Crippen molar-refractivity contribution in [2.75, 3.05) is 37.6 Å². The summed E-state index contributed by atoms with van der Waals surface area (Å²) < 4.78 is 0. The molecule has 0 spiro atoms. The quantitative estimate of drug-likeness (QED) is 0.750. The molecule has 2 aliphatic heterocycles. The molecule has 1 aromatic carbocycles. The number of rotatable bonds is 4. The molecule has 6 nitrogen and oxygen atoms in total. The molecule has 3 heterocycles. The van der Waals surface area contributed by atoms with Gasteiger partial charge in [0.05, 0.1) is 0 Å². The highest BCUT2D eigenvalue weighted by molar-refractivity contribution is 6.09. The Bertz CT molecular complexity index is 891. The normalized spacial score (nSPS) is 20.3. The molecule has 0 N–H and O–H groups in total. The topological polar surface area (TPSA) is 56.8 Å². The van der Waals surface area contributed by atoms with Gasteiger partial charge in [-0.1, -0.05) is 6.07 Å². The Morgan fingerprint density at radius 3 is 2.41 bits per heavy atom. The first-order valence-electron chi connectivity index (χ1n) is 10.3. The maximum absolute atomic E-state index is 13.0. The van der Waals surface area contributed by atoms with Crippen molar-refractivity contribution in [3.63, 3.8) is 0 Å². The van der Waals surface area contributed by atoms with E-state index in [1.54, 1.807) is 4.90 Å². The molecule has 4 rings (SSSR count). The lowest BCUT2D eigenvalue weighted by atomic mass is 10.1. The van der Waals surface area contributed by atoms with Gasteiger partial charge in [0, 0.05) is 57.3 Å². The van der Waals surface area contributed by atoms with Gasteiger partial charge in [0.1, 0.15) is 5.92 Å². The number of hydrogen-bond donors (Lipinski definition) is 0. The largest absolute Gasteiger partial charge is 0.339 e. The van der Waals surface area contributed by atoms with E-state index < -0.39 is 5.92 Å². The molecule has 1 atom stereocenters. The van der Waals surface area contributed by atoms with E-state index in [4.69, 9.17) is 0 Å². The summed E-state index contributed by atoms with van der Waals surface area (Å²) in [6.45, 7) is 8.60. The van der Waals surface area contributed by atoms with Gasteiger partial charge in [0.2, 0.25) is 11.8 Å². The number of pyridine rings is 1. The maximum atomic E-state index is 13.0. The number of carbonyl (C=O) groups excluding carboxylic acids is 2. The molecule has 0 saturated carbocycles. The van der Waals surface area contributed by atoms with E-state index in [0.717, 1.165) is 30.9 Å². The third kappa shape index (κ3) is 4.17. The van der Waals surface area contributed by atoms with Crippen LogP contribution in [-0.4, -0.2) is 59.3 Å². The maximum Gasteiger partial charge on any atom is 0.239 e. The third-order valence-electron chi connectivity index (χ3n) is 6.15. The molecule has 0 radical (unpaired) electrons. The lowest BCUT2D eigenvalue weighted by Crippen LogP contribution is -2.51. The molecular formula is C23H28N4O2. The van der Waals surface area contributed by atoms with Crippen molar-refractivity contribution >= 4 is 17.5 Å². The predicted molar refractivity (Wildman–Crippen MR) is 112 cm³/mol. The fourth-order valence-corrected chi connectivity index (χ4v) is 4.15. The van der Waals surface area contributed by atoms with Crippen molar-refractivity contribution in [1.82, 2.24) is 14.8 Å². The smallest absolute Gasteiger partial charge is 0.239 e. The van der Waals surface area contributed by atoms with Gasteiger partial charge in [-0.05, 0) is 61.2 Å². The Balaban J connectivity index is 1.34. The number of aryl methyl sites for hydroxylation is 2. The molecule has 6 heteroatoms. The lowest BCUT2D eigenvalue weighted by molar-refractivity contribution is -0.141. The molecule has 1 aromatic heterocycles. The molecule has 2 fully saturated rings. The van der Waals surface area contributed by atoms with Crippen LogP contribution in [0.25, 0.3) is 0 Å². The van der Waals surface area contributed by atoms with Gasteiger partial charge >= 0.3 is 0 Å². The molecule has 2 aliphatic rings. The second kappa shape index (κ2) is 8.33. The molecule has 29 heavy (non-hydrogen) atoms. The van der Waals surface area contributed by atoms with E-state index in [1.807, 2.05) is 54.5 Å². The zero-order valence-corrected chi connectivity index (χ0v) is 17.2. The number of amides is 2. The number of nitrogens with zero attached hydrogens (tertiary/aromatic N) is 4. The summed E-state index contributed by atoms with van der Waals surface area (Å²) in [5.41, 5.74) is 4.50. The SMILES string of the molecule is Cc1ccc(N2CCC(C(=O)N3CCN(Cc4ccncc4)CC3)C2=O)cc1C. The van der Waals surface area contributed by atoms with Crippen LogP contribution in [0.1, 0.15) is 23.1 Å². The van der Waals surface area contributed by atoms with Crippen molar-refractivity contribution < 1.29 is 9.59 Å². The minimum atomic E-state index is -0.539. The van der Waals surface area contributed by atoms with E-state index in [0.29, 0.717) is 26.1 Å². The van der Waals surface area contributed by atoms with Gasteiger partial charge in [0.15, 0.2) is 0 Å². The third-order valence-corrected chi connectivity index (χ3v) is 6.15. The van der Waals surface area contributed by atoms with Crippen LogP contribution in [0.5, 0.6) is 0 Å². The molecule has 1 unspecified atom stereocenters. The number of benzene rings is 1. The van der Waals surface area contributed by atoms with Crippen molar-refractivity contribution in [2.24, 2.45) is 5.92 Å². The summed E-state index contributed by atoms with van der Waals surface area (Å²) in [5, 5.41) is 0. The summed E-state index contributed by atoms with van der Waals surface area (Å²) in [6, 6.07) is 10.1. The number of aromatic nitrogens is 1. The first kappa shape index (κ1) is 19.6. The second-order valence-electron chi connectivity index (χ2n) is 8.06. The first-order chi connectivity index (χ1) is 14.0. The Morgan fingerprint density at radius 2 is 1.72 bits per heavy atom. The minimum absolute atomic E-state index is 0.00936. The monoisotopic (exact) mass is 392 g/mol. The molecule has 0 bridgehead atoms. The van der Waals surface area contributed by atoms with Crippen molar-refractivity contribution in [3.05, 3.63) is 59.4 Å². The molecule has 2 aromatic rings. The van der Waals surface area contributed by atoms with Crippen LogP contribution in [0.4, 0.5) is 5.69 Å². The van der Waals surface area contributed by atoms with Gasteiger partial charge in [-0.2, -0.15) is 0 Å². The zero-order valence-electron chi connectivity index (χ0n) is 17.2. The highest BCUT2D eigenvalue weighted by Gasteiger charge is 2.40. The Morgan fingerprint density at radius 1 is 1.00 bits per heavy atom. The van der Waals surface area contributed by atoms with Crippen molar-refractivity contribution in [1.29, 1.82) is 0 Å². The number of anilines is 1. The molecule has 0 aliphatic carbocycles. The summed E-state index contributed by atoms with van der Waals surface area (Å²) in [7, 11) is 0. The van der Waals surface area contributed by atoms with Crippen LogP contribution in [0, 0.1) is 19.8 Å². The molecule has 2 saturated heterocycles. The van der Waals surface area contributed by atoms with E-state index in [2.05, 4.69) is 16.8 Å². The Labute approximate surface area is 172 Å². The van der Waals surface area contributed by atoms with E-state index >= 15 is 0 Å². The van der Waals surface area contributed by atoms with Crippen LogP contribution in [-0.2, 0) is 16.1 Å². The van der Waals surface area contributed by atoms with Crippen LogP contribution < -0.4 is 4.90 Å². The number of carbonyl (C=O) groups is 2. The summed E-state index contributed by atoms with van der Waals surface area (Å²) >= 11 is 0. The van der Waals surface area contributed by atoms with Gasteiger partial charge < -0.3 is 9.80 Å². The van der Waals surface area contributed by atoms with Gasteiger partial charge in [0.25, 0.3) is 0 Å². The average Bonchev–Trinajstić information content (AvgIpc) is 3.12. The van der Waals surface area contributed by atoms with Crippen LogP contribution in [0.2, 0.25) is 0 Å². The van der Waals surface area contributed by atoms with Gasteiger partial charge in [-0.25, -0.2) is 0 Å². The van der Waals surface area contributed by atoms with Gasteiger partial charge in [-0.15, -0.1) is 0 Å². The zero-order chi connectivity index (χ0) is 20.4. The van der Waals surface area contributed by atoms with Crippen molar-refractivity contribution in [3.8, 4) is 0 Å². The fourth-order valence-electron chi connectivity index (χ4n) is 4.15. The first-order valence-corrected chi connectivity index (χ1v) is 10.3. The van der Waals surface area contributed by atoms with Crippen LogP contribution in [0.3, 0.4) is 0 Å². The molecule has 2 amide bonds. The van der Waals surface area contributed by atoms with E-state index in [9.17, 15) is 9.59 Å². The highest BCUT2D eigenvalue weighted by Crippen LogP contribution is 2.28. The van der Waals surface area contributed by atoms with Gasteiger partial charge in [-0.3, -0.25) is 19.5 Å². The van der Waals surface area contributed by atoms with E-state index in [-0.39, 0.29) is 11.8 Å². The number of piperazine rings is 1. The Hall–Kier alpha value is -2.73. The highest BCUT2D eigenvalue weighted by atomic mass is 16.2. The standard InChI is InChI=1S/C23H28N4O2/c1-17-3-4-20(15-18(17)2)27-10-7-21(23(27)29)22(28)26-13-11-25(12-14-26)16-19-5-8-24-9-6-19/h3-6,8-9,15,21H,7,10-14,16H2,1-2H3.